The Hall–Kier alpha value is -1.90. The summed E-state index contributed by atoms with van der Waals surface area (Å²) in [4.78, 5) is 28.5. The lowest BCUT2D eigenvalue weighted by atomic mass is 9.83. The van der Waals surface area contributed by atoms with Crippen LogP contribution in [0, 0.1) is 5.92 Å². The molecular formula is C15H19N3O5S. The van der Waals surface area contributed by atoms with E-state index in [-0.39, 0.29) is 34.9 Å². The van der Waals surface area contributed by atoms with Crippen molar-refractivity contribution in [1.29, 1.82) is 0 Å². The van der Waals surface area contributed by atoms with Crippen LogP contribution in [-0.2, 0) is 14.6 Å². The minimum atomic E-state index is -3.28. The molecule has 130 valence electrons. The lowest BCUT2D eigenvalue weighted by Crippen LogP contribution is -2.63. The topological polar surface area (TPSA) is 101 Å². The molecule has 0 unspecified atom stereocenters. The predicted molar refractivity (Wildman–Crippen MR) is 82.8 cm³/mol. The normalized spacial score (nSPS) is 29.2. The van der Waals surface area contributed by atoms with Crippen molar-refractivity contribution in [3.05, 3.63) is 18.0 Å². The molecule has 0 radical (unpaired) electrons. The van der Waals surface area contributed by atoms with E-state index in [0.717, 1.165) is 19.3 Å². The monoisotopic (exact) mass is 353 g/mol. The fourth-order valence-electron chi connectivity index (χ4n) is 3.84. The van der Waals surface area contributed by atoms with Gasteiger partial charge in [-0.25, -0.2) is 8.42 Å². The summed E-state index contributed by atoms with van der Waals surface area (Å²) >= 11 is 0. The summed E-state index contributed by atoms with van der Waals surface area (Å²) in [6.07, 6.45) is 4.11. The lowest BCUT2D eigenvalue weighted by Gasteiger charge is -2.45. The number of piperazine rings is 1. The van der Waals surface area contributed by atoms with Gasteiger partial charge in [0, 0.05) is 25.1 Å². The highest BCUT2D eigenvalue weighted by atomic mass is 32.2. The third-order valence-corrected chi connectivity index (χ3v) is 7.03. The molecule has 2 amide bonds. The third kappa shape index (κ3) is 2.51. The second-order valence-electron chi connectivity index (χ2n) is 6.75. The van der Waals surface area contributed by atoms with Crippen molar-refractivity contribution in [2.75, 3.05) is 24.6 Å². The van der Waals surface area contributed by atoms with E-state index in [2.05, 4.69) is 5.16 Å². The molecule has 0 spiro atoms. The first kappa shape index (κ1) is 15.6. The molecule has 2 saturated heterocycles. The molecule has 3 heterocycles. The summed E-state index contributed by atoms with van der Waals surface area (Å²) in [7, 11) is -3.28. The lowest BCUT2D eigenvalue weighted by molar-refractivity contribution is -0.143. The molecule has 1 saturated carbocycles. The number of sulfone groups is 1. The molecule has 0 N–H and O–H groups in total. The average molecular weight is 353 g/mol. The minimum absolute atomic E-state index is 0.0201. The van der Waals surface area contributed by atoms with Gasteiger partial charge in [-0.2, -0.15) is 0 Å². The zero-order chi connectivity index (χ0) is 16.9. The summed E-state index contributed by atoms with van der Waals surface area (Å²) < 4.78 is 29.0. The van der Waals surface area contributed by atoms with Gasteiger partial charge in [-0.3, -0.25) is 9.59 Å². The quantitative estimate of drug-likeness (QED) is 0.737. The Labute approximate surface area is 139 Å². The van der Waals surface area contributed by atoms with Crippen molar-refractivity contribution in [1.82, 2.24) is 15.0 Å². The SMILES string of the molecule is O=C(C1CCC1)N1CCN(C(=O)c2ccon2)[C@H]2CS(=O)(=O)C[C@H]21. The van der Waals surface area contributed by atoms with Gasteiger partial charge in [-0.1, -0.05) is 11.6 Å². The Balaban J connectivity index is 1.60. The van der Waals surface area contributed by atoms with E-state index in [1.807, 2.05) is 0 Å². The molecule has 1 aromatic heterocycles. The van der Waals surface area contributed by atoms with Crippen LogP contribution in [-0.4, -0.2) is 71.9 Å². The standard InChI is InChI=1S/C15H19N3O5S/c19-14(10-2-1-3-10)17-5-6-18(15(20)11-4-7-23-16-11)13-9-24(21,22)8-12(13)17/h4,7,10,12-13H,1-3,5-6,8-9H2/t12-,13+/m1/s1. The second-order valence-corrected chi connectivity index (χ2v) is 8.91. The van der Waals surface area contributed by atoms with Crippen molar-refractivity contribution >= 4 is 21.7 Å². The molecule has 24 heavy (non-hydrogen) atoms. The molecule has 2 atom stereocenters. The van der Waals surface area contributed by atoms with Crippen LogP contribution < -0.4 is 0 Å². The molecule has 9 heteroatoms. The number of carbonyl (C=O) groups excluding carboxylic acids is 2. The van der Waals surface area contributed by atoms with Gasteiger partial charge < -0.3 is 14.3 Å². The van der Waals surface area contributed by atoms with Crippen LogP contribution in [0.5, 0.6) is 0 Å². The van der Waals surface area contributed by atoms with Gasteiger partial charge in [0.05, 0.1) is 23.6 Å². The van der Waals surface area contributed by atoms with Crippen molar-refractivity contribution < 1.29 is 22.5 Å². The molecule has 2 aliphatic heterocycles. The van der Waals surface area contributed by atoms with Crippen molar-refractivity contribution in [2.45, 2.75) is 31.3 Å². The number of hydrogen-bond acceptors (Lipinski definition) is 6. The molecule has 1 aromatic rings. The maximum Gasteiger partial charge on any atom is 0.276 e. The first-order chi connectivity index (χ1) is 11.5. The van der Waals surface area contributed by atoms with Crippen LogP contribution in [0.25, 0.3) is 0 Å². The van der Waals surface area contributed by atoms with E-state index in [1.165, 1.54) is 17.2 Å². The number of nitrogens with zero attached hydrogens (tertiary/aromatic N) is 3. The zero-order valence-electron chi connectivity index (χ0n) is 13.1. The van der Waals surface area contributed by atoms with Gasteiger partial charge in [0.1, 0.15) is 6.26 Å². The van der Waals surface area contributed by atoms with Crippen LogP contribution in [0.1, 0.15) is 29.8 Å². The zero-order valence-corrected chi connectivity index (χ0v) is 13.9. The van der Waals surface area contributed by atoms with E-state index in [9.17, 15) is 18.0 Å². The van der Waals surface area contributed by atoms with E-state index in [1.54, 1.807) is 4.90 Å². The molecule has 8 nitrogen and oxygen atoms in total. The predicted octanol–water partition coefficient (Wildman–Crippen LogP) is -0.0753. The molecule has 0 aromatic carbocycles. The van der Waals surface area contributed by atoms with E-state index in [0.29, 0.717) is 13.1 Å². The molecule has 1 aliphatic carbocycles. The summed E-state index contributed by atoms with van der Waals surface area (Å²) in [5, 5.41) is 3.65. The maximum absolute atomic E-state index is 12.6. The largest absolute Gasteiger partial charge is 0.364 e. The average Bonchev–Trinajstić information content (AvgIpc) is 3.09. The van der Waals surface area contributed by atoms with E-state index in [4.69, 9.17) is 4.52 Å². The minimum Gasteiger partial charge on any atom is -0.364 e. The Kier molecular flexibility index (Phi) is 3.63. The van der Waals surface area contributed by atoms with Gasteiger partial charge in [0.25, 0.3) is 5.91 Å². The van der Waals surface area contributed by atoms with Crippen LogP contribution in [0.2, 0.25) is 0 Å². The van der Waals surface area contributed by atoms with Crippen LogP contribution >= 0.6 is 0 Å². The number of fused-ring (bicyclic) bond motifs is 1. The van der Waals surface area contributed by atoms with Crippen molar-refractivity contribution in [2.24, 2.45) is 5.92 Å². The maximum atomic E-state index is 12.6. The third-order valence-electron chi connectivity index (χ3n) is 5.33. The highest BCUT2D eigenvalue weighted by molar-refractivity contribution is 7.91. The summed E-state index contributed by atoms with van der Waals surface area (Å²) in [5.74, 6) is -0.450. The second kappa shape index (κ2) is 5.58. The van der Waals surface area contributed by atoms with Crippen LogP contribution in [0.4, 0.5) is 0 Å². The van der Waals surface area contributed by atoms with Gasteiger partial charge >= 0.3 is 0 Å². The van der Waals surface area contributed by atoms with Gasteiger partial charge in [-0.15, -0.1) is 0 Å². The first-order valence-corrected chi connectivity index (χ1v) is 10.0. The Morgan fingerprint density at radius 1 is 1.12 bits per heavy atom. The molecule has 4 rings (SSSR count). The Morgan fingerprint density at radius 2 is 1.79 bits per heavy atom. The molecular weight excluding hydrogens is 334 g/mol. The number of rotatable bonds is 2. The van der Waals surface area contributed by atoms with Crippen LogP contribution in [0.3, 0.4) is 0 Å². The fraction of sp³-hybridized carbons (Fsp3) is 0.667. The first-order valence-electron chi connectivity index (χ1n) is 8.18. The molecule has 0 bridgehead atoms. The number of hydrogen-bond donors (Lipinski definition) is 0. The van der Waals surface area contributed by atoms with Gasteiger partial charge in [0.15, 0.2) is 15.5 Å². The summed E-state index contributed by atoms with van der Waals surface area (Å²) in [6.45, 7) is 0.691. The molecule has 3 fully saturated rings. The summed E-state index contributed by atoms with van der Waals surface area (Å²) in [5.41, 5.74) is 0.164. The van der Waals surface area contributed by atoms with Crippen molar-refractivity contribution in [3.8, 4) is 0 Å². The highest BCUT2D eigenvalue weighted by Gasteiger charge is 2.50. The number of amides is 2. The fourth-order valence-corrected chi connectivity index (χ4v) is 5.82. The Morgan fingerprint density at radius 3 is 2.38 bits per heavy atom. The number of carbonyl (C=O) groups is 2. The van der Waals surface area contributed by atoms with Gasteiger partial charge in [0.2, 0.25) is 5.91 Å². The van der Waals surface area contributed by atoms with Crippen molar-refractivity contribution in [3.63, 3.8) is 0 Å². The van der Waals surface area contributed by atoms with Crippen LogP contribution in [0.15, 0.2) is 16.9 Å². The highest BCUT2D eigenvalue weighted by Crippen LogP contribution is 2.33. The van der Waals surface area contributed by atoms with E-state index >= 15 is 0 Å². The Bertz CT molecular complexity index is 756. The molecule has 3 aliphatic rings. The summed E-state index contributed by atoms with van der Waals surface area (Å²) in [6, 6.07) is 0.511. The number of aromatic nitrogens is 1. The van der Waals surface area contributed by atoms with Gasteiger partial charge in [-0.05, 0) is 12.8 Å². The smallest absolute Gasteiger partial charge is 0.276 e. The van der Waals surface area contributed by atoms with E-state index < -0.39 is 21.9 Å².